The van der Waals surface area contributed by atoms with E-state index in [0.717, 1.165) is 11.1 Å². The van der Waals surface area contributed by atoms with Gasteiger partial charge in [0.2, 0.25) is 5.88 Å². The third-order valence-electron chi connectivity index (χ3n) is 2.90. The molecular formula is C17H23IN4O. The fraction of sp³-hybridized carbons (Fsp3) is 0.294. The monoisotopic (exact) mass is 426 g/mol. The number of hydrogen-bond acceptors (Lipinski definition) is 3. The summed E-state index contributed by atoms with van der Waals surface area (Å²) in [5, 5.41) is 3.06. The lowest BCUT2D eigenvalue weighted by Crippen LogP contribution is -2.36. The lowest BCUT2D eigenvalue weighted by atomic mass is 10.2. The minimum atomic E-state index is 0. The normalized spacial score (nSPS) is 11.0. The molecule has 5 nitrogen and oxygen atoms in total. The Labute approximate surface area is 154 Å². The van der Waals surface area contributed by atoms with Crippen molar-refractivity contribution in [3.63, 3.8) is 0 Å². The van der Waals surface area contributed by atoms with E-state index in [0.29, 0.717) is 25.0 Å². The number of nitrogens with two attached hydrogens (primary N) is 1. The molecule has 2 rings (SSSR count). The second-order valence-corrected chi connectivity index (χ2v) is 5.28. The fourth-order valence-electron chi connectivity index (χ4n) is 1.88. The molecule has 3 N–H and O–H groups in total. The first-order valence-electron chi connectivity index (χ1n) is 7.31. The Morgan fingerprint density at radius 1 is 1.22 bits per heavy atom. The van der Waals surface area contributed by atoms with Crippen LogP contribution in [0.1, 0.15) is 25.0 Å². The van der Waals surface area contributed by atoms with E-state index in [2.05, 4.69) is 15.3 Å². The average molecular weight is 426 g/mol. The zero-order chi connectivity index (χ0) is 15.8. The quantitative estimate of drug-likeness (QED) is 0.423. The topological polar surface area (TPSA) is 72.5 Å². The van der Waals surface area contributed by atoms with Crippen LogP contribution in [0.2, 0.25) is 0 Å². The fourth-order valence-corrected chi connectivity index (χ4v) is 1.88. The molecule has 1 aromatic carbocycles. The first-order chi connectivity index (χ1) is 10.6. The highest BCUT2D eigenvalue weighted by atomic mass is 127. The number of guanidine groups is 1. The first-order valence-corrected chi connectivity index (χ1v) is 7.31. The van der Waals surface area contributed by atoms with E-state index in [4.69, 9.17) is 10.5 Å². The van der Waals surface area contributed by atoms with Crippen LogP contribution in [0.3, 0.4) is 0 Å². The van der Waals surface area contributed by atoms with Crippen molar-refractivity contribution in [2.45, 2.75) is 33.0 Å². The van der Waals surface area contributed by atoms with Gasteiger partial charge in [-0.1, -0.05) is 30.3 Å². The number of aromatic nitrogens is 1. The maximum absolute atomic E-state index is 5.79. The highest BCUT2D eigenvalue weighted by Gasteiger charge is 2.00. The van der Waals surface area contributed by atoms with E-state index in [1.165, 1.54) is 0 Å². The third kappa shape index (κ3) is 7.32. The molecule has 1 heterocycles. The van der Waals surface area contributed by atoms with Crippen molar-refractivity contribution in [2.75, 3.05) is 0 Å². The molecule has 0 spiro atoms. The van der Waals surface area contributed by atoms with Crippen molar-refractivity contribution in [1.29, 1.82) is 0 Å². The van der Waals surface area contributed by atoms with Gasteiger partial charge in [0.1, 0.15) is 6.61 Å². The van der Waals surface area contributed by atoms with Gasteiger partial charge in [0.15, 0.2) is 5.96 Å². The summed E-state index contributed by atoms with van der Waals surface area (Å²) in [6.45, 7) is 5.03. The number of ether oxygens (including phenoxy) is 1. The Balaban J connectivity index is 0.00000264. The summed E-state index contributed by atoms with van der Waals surface area (Å²) in [6.07, 6.45) is 1.72. The third-order valence-corrected chi connectivity index (χ3v) is 2.90. The van der Waals surface area contributed by atoms with Crippen LogP contribution in [-0.4, -0.2) is 17.0 Å². The van der Waals surface area contributed by atoms with E-state index in [1.54, 1.807) is 6.20 Å². The minimum absolute atomic E-state index is 0. The number of nitrogens with one attached hydrogen (secondary N) is 1. The number of pyridine rings is 1. The van der Waals surface area contributed by atoms with Crippen LogP contribution in [0.5, 0.6) is 5.88 Å². The number of nitrogens with zero attached hydrogens (tertiary/aromatic N) is 2. The van der Waals surface area contributed by atoms with Gasteiger partial charge in [0.05, 0.1) is 6.54 Å². The summed E-state index contributed by atoms with van der Waals surface area (Å²) in [7, 11) is 0. The molecule has 0 bridgehead atoms. The summed E-state index contributed by atoms with van der Waals surface area (Å²) < 4.78 is 5.70. The maximum Gasteiger partial charge on any atom is 0.213 e. The Bertz CT molecular complexity index is 617. The molecular weight excluding hydrogens is 403 g/mol. The van der Waals surface area contributed by atoms with Gasteiger partial charge in [0, 0.05) is 18.3 Å². The number of rotatable bonds is 6. The van der Waals surface area contributed by atoms with Crippen molar-refractivity contribution in [1.82, 2.24) is 10.3 Å². The van der Waals surface area contributed by atoms with Gasteiger partial charge in [-0.25, -0.2) is 9.98 Å². The highest BCUT2D eigenvalue weighted by Crippen LogP contribution is 2.12. The van der Waals surface area contributed by atoms with Crippen LogP contribution in [0.4, 0.5) is 0 Å². The standard InChI is InChI=1S/C17H22N4O.HI/c1-13(2)21-17(18)20-11-15-8-9-19-16(10-15)22-12-14-6-4-3-5-7-14;/h3-10,13H,11-12H2,1-2H3,(H3,18,20,21);1H. The van der Waals surface area contributed by atoms with Crippen molar-refractivity contribution in [3.8, 4) is 5.88 Å². The van der Waals surface area contributed by atoms with Crippen molar-refractivity contribution in [3.05, 3.63) is 59.8 Å². The Hall–Kier alpha value is -1.83. The number of hydrogen-bond donors (Lipinski definition) is 2. The zero-order valence-electron chi connectivity index (χ0n) is 13.4. The van der Waals surface area contributed by atoms with Gasteiger partial charge in [-0.15, -0.1) is 24.0 Å². The molecule has 2 aromatic rings. The second kappa shape index (κ2) is 10.0. The van der Waals surface area contributed by atoms with E-state index < -0.39 is 0 Å². The van der Waals surface area contributed by atoms with Crippen LogP contribution >= 0.6 is 24.0 Å². The Kier molecular flexibility index (Phi) is 8.39. The molecule has 0 aliphatic carbocycles. The summed E-state index contributed by atoms with van der Waals surface area (Å²) in [5.41, 5.74) is 7.90. The molecule has 0 aliphatic heterocycles. The molecule has 124 valence electrons. The summed E-state index contributed by atoms with van der Waals surface area (Å²) in [4.78, 5) is 8.51. The summed E-state index contributed by atoms with van der Waals surface area (Å²) in [5.74, 6) is 1.03. The Morgan fingerprint density at radius 2 is 1.96 bits per heavy atom. The van der Waals surface area contributed by atoms with Gasteiger partial charge in [-0.3, -0.25) is 0 Å². The number of halogens is 1. The predicted molar refractivity (Wildman–Crippen MR) is 104 cm³/mol. The van der Waals surface area contributed by atoms with E-state index in [1.807, 2.05) is 56.3 Å². The van der Waals surface area contributed by atoms with E-state index in [-0.39, 0.29) is 30.0 Å². The van der Waals surface area contributed by atoms with Gasteiger partial charge in [0.25, 0.3) is 0 Å². The van der Waals surface area contributed by atoms with Gasteiger partial charge in [-0.05, 0) is 31.0 Å². The molecule has 0 amide bonds. The predicted octanol–water partition coefficient (Wildman–Crippen LogP) is 3.09. The minimum Gasteiger partial charge on any atom is -0.473 e. The molecule has 6 heteroatoms. The Morgan fingerprint density at radius 3 is 2.65 bits per heavy atom. The molecule has 1 aromatic heterocycles. The number of benzene rings is 1. The summed E-state index contributed by atoms with van der Waals surface area (Å²) >= 11 is 0. The zero-order valence-corrected chi connectivity index (χ0v) is 15.7. The van der Waals surface area contributed by atoms with Crippen molar-refractivity contribution >= 4 is 29.9 Å². The highest BCUT2D eigenvalue weighted by molar-refractivity contribution is 14.0. The maximum atomic E-state index is 5.79. The average Bonchev–Trinajstić information content (AvgIpc) is 2.52. The van der Waals surface area contributed by atoms with Crippen LogP contribution < -0.4 is 15.8 Å². The molecule has 0 atom stereocenters. The number of aliphatic imine (C=N–C) groups is 1. The smallest absolute Gasteiger partial charge is 0.213 e. The largest absolute Gasteiger partial charge is 0.473 e. The summed E-state index contributed by atoms with van der Waals surface area (Å²) in [6, 6.07) is 14.1. The van der Waals surface area contributed by atoms with E-state index >= 15 is 0 Å². The molecule has 0 saturated heterocycles. The first kappa shape index (κ1) is 19.2. The molecule has 0 unspecified atom stereocenters. The lowest BCUT2D eigenvalue weighted by molar-refractivity contribution is 0.293. The van der Waals surface area contributed by atoms with Crippen LogP contribution in [0, 0.1) is 0 Å². The molecule has 0 radical (unpaired) electrons. The molecule has 0 saturated carbocycles. The molecule has 23 heavy (non-hydrogen) atoms. The van der Waals surface area contributed by atoms with Gasteiger partial charge >= 0.3 is 0 Å². The van der Waals surface area contributed by atoms with Crippen molar-refractivity contribution < 1.29 is 4.74 Å². The lowest BCUT2D eigenvalue weighted by Gasteiger charge is -2.09. The van der Waals surface area contributed by atoms with Gasteiger partial charge < -0.3 is 15.8 Å². The van der Waals surface area contributed by atoms with Gasteiger partial charge in [-0.2, -0.15) is 0 Å². The van der Waals surface area contributed by atoms with Crippen molar-refractivity contribution in [2.24, 2.45) is 10.7 Å². The van der Waals surface area contributed by atoms with Crippen LogP contribution in [-0.2, 0) is 13.2 Å². The SMILES string of the molecule is CC(C)NC(N)=NCc1ccnc(OCc2ccccc2)c1.I. The van der Waals surface area contributed by atoms with E-state index in [9.17, 15) is 0 Å². The van der Waals surface area contributed by atoms with Crippen LogP contribution in [0.25, 0.3) is 0 Å². The molecule has 0 fully saturated rings. The molecule has 0 aliphatic rings. The van der Waals surface area contributed by atoms with Crippen LogP contribution in [0.15, 0.2) is 53.7 Å². The second-order valence-electron chi connectivity index (χ2n) is 5.28.